The van der Waals surface area contributed by atoms with Crippen LogP contribution in [0, 0.1) is 0 Å². The third-order valence-electron chi connectivity index (χ3n) is 4.61. The van der Waals surface area contributed by atoms with Gasteiger partial charge in [0.2, 0.25) is 0 Å². The minimum atomic E-state index is 0.101. The lowest BCUT2D eigenvalue weighted by Gasteiger charge is -2.24. The normalized spacial score (nSPS) is 17.8. The number of aromatic nitrogens is 5. The molecule has 1 fully saturated rings. The summed E-state index contributed by atoms with van der Waals surface area (Å²) in [5, 5.41) is 12.4. The minimum absolute atomic E-state index is 0.101. The summed E-state index contributed by atoms with van der Waals surface area (Å²) in [5.74, 6) is 1.11. The molecule has 1 aliphatic heterocycles. The number of nitrogens with zero attached hydrogens (tertiary/aromatic N) is 6. The smallest absolute Gasteiger partial charge is 0.272 e. The second-order valence-electron chi connectivity index (χ2n) is 5.90. The van der Waals surface area contributed by atoms with Crippen molar-refractivity contribution in [2.75, 3.05) is 6.54 Å². The lowest BCUT2D eigenvalue weighted by Crippen LogP contribution is -2.37. The average molecular weight is 316 g/mol. The van der Waals surface area contributed by atoms with Crippen molar-refractivity contribution in [3.05, 3.63) is 30.1 Å². The van der Waals surface area contributed by atoms with E-state index in [2.05, 4.69) is 26.8 Å². The number of aryl methyl sites for hydroxylation is 3. The lowest BCUT2D eigenvalue weighted by atomic mass is 10.1. The lowest BCUT2D eigenvalue weighted by molar-refractivity contribution is 0.0717. The van der Waals surface area contributed by atoms with Crippen molar-refractivity contribution in [3.63, 3.8) is 0 Å². The number of rotatable bonds is 6. The zero-order chi connectivity index (χ0) is 16.2. The molecule has 2 aromatic rings. The SMILES string of the molecule is CCn1cnnc1CCC1CCCN1C(=O)c1ccnn1CC. The molecule has 0 aliphatic carbocycles. The van der Waals surface area contributed by atoms with Crippen molar-refractivity contribution in [2.24, 2.45) is 0 Å². The molecular weight excluding hydrogens is 292 g/mol. The van der Waals surface area contributed by atoms with Crippen LogP contribution in [0.2, 0.25) is 0 Å². The highest BCUT2D eigenvalue weighted by Gasteiger charge is 2.30. The van der Waals surface area contributed by atoms with Crippen molar-refractivity contribution in [3.8, 4) is 0 Å². The summed E-state index contributed by atoms with van der Waals surface area (Å²) in [6.07, 6.45) is 7.39. The molecule has 1 aliphatic rings. The number of amides is 1. The molecule has 7 nitrogen and oxygen atoms in total. The maximum absolute atomic E-state index is 12.8. The molecule has 0 radical (unpaired) electrons. The van der Waals surface area contributed by atoms with Gasteiger partial charge in [-0.25, -0.2) is 0 Å². The third kappa shape index (κ3) is 3.13. The predicted octanol–water partition coefficient (Wildman–Crippen LogP) is 1.75. The Labute approximate surface area is 136 Å². The van der Waals surface area contributed by atoms with Crippen LogP contribution in [-0.2, 0) is 19.5 Å². The van der Waals surface area contributed by atoms with E-state index in [4.69, 9.17) is 0 Å². The van der Waals surface area contributed by atoms with E-state index >= 15 is 0 Å². The number of hydrogen-bond acceptors (Lipinski definition) is 4. The van der Waals surface area contributed by atoms with E-state index in [0.717, 1.165) is 44.6 Å². The largest absolute Gasteiger partial charge is 0.334 e. The molecule has 23 heavy (non-hydrogen) atoms. The molecule has 3 heterocycles. The van der Waals surface area contributed by atoms with E-state index in [1.807, 2.05) is 17.9 Å². The Kier molecular flexibility index (Phi) is 4.73. The first-order valence-electron chi connectivity index (χ1n) is 8.44. The molecule has 0 saturated carbocycles. The summed E-state index contributed by atoms with van der Waals surface area (Å²) in [4.78, 5) is 14.8. The molecule has 1 unspecified atom stereocenters. The molecule has 0 aromatic carbocycles. The highest BCUT2D eigenvalue weighted by molar-refractivity contribution is 5.92. The van der Waals surface area contributed by atoms with Gasteiger partial charge in [0.05, 0.1) is 0 Å². The van der Waals surface area contributed by atoms with Crippen molar-refractivity contribution in [1.29, 1.82) is 0 Å². The van der Waals surface area contributed by atoms with Gasteiger partial charge in [0, 0.05) is 38.3 Å². The summed E-state index contributed by atoms with van der Waals surface area (Å²) >= 11 is 0. The fraction of sp³-hybridized carbons (Fsp3) is 0.625. The van der Waals surface area contributed by atoms with Gasteiger partial charge in [0.25, 0.3) is 5.91 Å². The Bertz CT molecular complexity index is 661. The molecule has 1 amide bonds. The van der Waals surface area contributed by atoms with Gasteiger partial charge in [-0.2, -0.15) is 5.10 Å². The van der Waals surface area contributed by atoms with E-state index in [1.54, 1.807) is 17.2 Å². The van der Waals surface area contributed by atoms with E-state index in [-0.39, 0.29) is 11.9 Å². The first kappa shape index (κ1) is 15.7. The third-order valence-corrected chi connectivity index (χ3v) is 4.61. The predicted molar refractivity (Wildman–Crippen MR) is 86.0 cm³/mol. The van der Waals surface area contributed by atoms with Crippen molar-refractivity contribution in [2.45, 2.75) is 58.7 Å². The van der Waals surface area contributed by atoms with Crippen LogP contribution in [0.15, 0.2) is 18.6 Å². The van der Waals surface area contributed by atoms with Crippen LogP contribution in [0.1, 0.15) is 49.4 Å². The van der Waals surface area contributed by atoms with Crippen LogP contribution in [0.4, 0.5) is 0 Å². The van der Waals surface area contributed by atoms with Crippen LogP contribution >= 0.6 is 0 Å². The Morgan fingerprint density at radius 2 is 2.22 bits per heavy atom. The Hall–Kier alpha value is -2.18. The number of carbonyl (C=O) groups excluding carboxylic acids is 1. The van der Waals surface area contributed by atoms with Crippen LogP contribution in [0.3, 0.4) is 0 Å². The fourth-order valence-corrected chi connectivity index (χ4v) is 3.35. The summed E-state index contributed by atoms with van der Waals surface area (Å²) in [5.41, 5.74) is 0.691. The number of carbonyl (C=O) groups is 1. The highest BCUT2D eigenvalue weighted by atomic mass is 16.2. The monoisotopic (exact) mass is 316 g/mol. The van der Waals surface area contributed by atoms with Crippen molar-refractivity contribution >= 4 is 5.91 Å². The standard InChI is InChI=1S/C16H24N6O/c1-3-20-12-17-19-15(20)8-7-13-6-5-11-21(13)16(23)14-9-10-18-22(14)4-2/h9-10,12-13H,3-8,11H2,1-2H3. The average Bonchev–Trinajstić information content (AvgIpc) is 3.30. The van der Waals surface area contributed by atoms with Gasteiger partial charge in [0.1, 0.15) is 17.8 Å². The topological polar surface area (TPSA) is 68.8 Å². The molecule has 3 rings (SSSR count). The van der Waals surface area contributed by atoms with Gasteiger partial charge in [-0.15, -0.1) is 10.2 Å². The van der Waals surface area contributed by atoms with Crippen LogP contribution in [0.25, 0.3) is 0 Å². The molecule has 124 valence electrons. The maximum atomic E-state index is 12.8. The first-order chi connectivity index (χ1) is 11.2. The Balaban J connectivity index is 1.67. The first-order valence-corrected chi connectivity index (χ1v) is 8.44. The van der Waals surface area contributed by atoms with E-state index in [0.29, 0.717) is 12.2 Å². The quantitative estimate of drug-likeness (QED) is 0.814. The van der Waals surface area contributed by atoms with E-state index < -0.39 is 0 Å². The molecular formula is C16H24N6O. The van der Waals surface area contributed by atoms with Gasteiger partial charge in [0.15, 0.2) is 0 Å². The van der Waals surface area contributed by atoms with E-state index in [1.165, 1.54) is 0 Å². The molecule has 7 heteroatoms. The van der Waals surface area contributed by atoms with Crippen molar-refractivity contribution < 1.29 is 4.79 Å². The summed E-state index contributed by atoms with van der Waals surface area (Å²) < 4.78 is 3.83. The van der Waals surface area contributed by atoms with Gasteiger partial charge < -0.3 is 9.47 Å². The second kappa shape index (κ2) is 6.93. The van der Waals surface area contributed by atoms with Crippen LogP contribution < -0.4 is 0 Å². The summed E-state index contributed by atoms with van der Waals surface area (Å²) in [6.45, 7) is 6.52. The number of hydrogen-bond donors (Lipinski definition) is 0. The minimum Gasteiger partial charge on any atom is -0.334 e. The molecule has 0 spiro atoms. The highest BCUT2D eigenvalue weighted by Crippen LogP contribution is 2.23. The zero-order valence-electron chi connectivity index (χ0n) is 13.9. The molecule has 1 saturated heterocycles. The van der Waals surface area contributed by atoms with Crippen LogP contribution in [0.5, 0.6) is 0 Å². The van der Waals surface area contributed by atoms with Crippen LogP contribution in [-0.4, -0.2) is 47.9 Å². The van der Waals surface area contributed by atoms with Crippen molar-refractivity contribution in [1.82, 2.24) is 29.4 Å². The molecule has 1 atom stereocenters. The Morgan fingerprint density at radius 3 is 3.00 bits per heavy atom. The van der Waals surface area contributed by atoms with Gasteiger partial charge in [-0.3, -0.25) is 9.48 Å². The second-order valence-corrected chi connectivity index (χ2v) is 5.90. The Morgan fingerprint density at radius 1 is 1.35 bits per heavy atom. The molecule has 2 aromatic heterocycles. The van der Waals surface area contributed by atoms with E-state index in [9.17, 15) is 4.79 Å². The van der Waals surface area contributed by atoms with Gasteiger partial charge in [-0.05, 0) is 39.2 Å². The maximum Gasteiger partial charge on any atom is 0.272 e. The fourth-order valence-electron chi connectivity index (χ4n) is 3.35. The molecule has 0 bridgehead atoms. The van der Waals surface area contributed by atoms with Gasteiger partial charge >= 0.3 is 0 Å². The zero-order valence-corrected chi connectivity index (χ0v) is 13.9. The van der Waals surface area contributed by atoms with Gasteiger partial charge in [-0.1, -0.05) is 0 Å². The molecule has 0 N–H and O–H groups in total. The summed E-state index contributed by atoms with van der Waals surface area (Å²) in [6, 6.07) is 2.10. The summed E-state index contributed by atoms with van der Waals surface area (Å²) in [7, 11) is 0. The number of likely N-dealkylation sites (tertiary alicyclic amines) is 1.